The van der Waals surface area contributed by atoms with Gasteiger partial charge in [0.05, 0.1) is 7.11 Å². The van der Waals surface area contributed by atoms with Crippen LogP contribution in [0.2, 0.25) is 0 Å². The van der Waals surface area contributed by atoms with Crippen molar-refractivity contribution in [2.75, 3.05) is 7.11 Å². The van der Waals surface area contributed by atoms with Crippen LogP contribution in [0.15, 0.2) is 24.3 Å². The molecule has 0 aliphatic heterocycles. The van der Waals surface area contributed by atoms with Crippen molar-refractivity contribution in [3.8, 4) is 5.75 Å². The van der Waals surface area contributed by atoms with Crippen LogP contribution in [0.5, 0.6) is 5.75 Å². The molecule has 0 unspecified atom stereocenters. The van der Waals surface area contributed by atoms with E-state index < -0.39 is 0 Å². The Morgan fingerprint density at radius 2 is 2.14 bits per heavy atom. The highest BCUT2D eigenvalue weighted by Gasteiger charge is 1.97. The van der Waals surface area contributed by atoms with E-state index in [9.17, 15) is 4.79 Å². The van der Waals surface area contributed by atoms with Gasteiger partial charge >= 0.3 is 0 Å². The predicted octanol–water partition coefficient (Wildman–Crippen LogP) is 2.61. The number of ketones is 1. The molecule has 0 atom stereocenters. The largest absolute Gasteiger partial charge is 0.497 e. The van der Waals surface area contributed by atoms with E-state index in [0.717, 1.165) is 16.9 Å². The summed E-state index contributed by atoms with van der Waals surface area (Å²) < 4.78 is 5.10. The summed E-state index contributed by atoms with van der Waals surface area (Å²) in [5.74, 6) is 0.853. The number of rotatable bonds is 3. The minimum absolute atomic E-state index is 0.0484. The zero-order valence-corrected chi connectivity index (χ0v) is 8.70. The van der Waals surface area contributed by atoms with Crippen LogP contribution in [0.4, 0.5) is 0 Å². The summed E-state index contributed by atoms with van der Waals surface area (Å²) in [5.41, 5.74) is 2.14. The first-order chi connectivity index (χ1) is 6.63. The third kappa shape index (κ3) is 2.73. The van der Waals surface area contributed by atoms with Crippen LogP contribution in [0.1, 0.15) is 18.1 Å². The maximum atomic E-state index is 10.8. The lowest BCUT2D eigenvalue weighted by molar-refractivity contribution is -0.112. The summed E-state index contributed by atoms with van der Waals surface area (Å²) in [6.07, 6.45) is 3.36. The van der Waals surface area contributed by atoms with Gasteiger partial charge in [-0.15, -0.1) is 0 Å². The van der Waals surface area contributed by atoms with Crippen molar-refractivity contribution >= 4 is 11.9 Å². The fourth-order valence-corrected chi connectivity index (χ4v) is 1.13. The van der Waals surface area contributed by atoms with E-state index in [0.29, 0.717) is 0 Å². The number of allylic oxidation sites excluding steroid dienone is 1. The van der Waals surface area contributed by atoms with Crippen LogP contribution in [-0.4, -0.2) is 12.9 Å². The van der Waals surface area contributed by atoms with E-state index in [4.69, 9.17) is 4.74 Å². The number of hydrogen-bond donors (Lipinski definition) is 0. The normalized spacial score (nSPS) is 10.5. The van der Waals surface area contributed by atoms with E-state index in [-0.39, 0.29) is 5.78 Å². The summed E-state index contributed by atoms with van der Waals surface area (Å²) in [7, 11) is 1.63. The second-order valence-electron chi connectivity index (χ2n) is 3.17. The fourth-order valence-electron chi connectivity index (χ4n) is 1.13. The van der Waals surface area contributed by atoms with Gasteiger partial charge in [-0.25, -0.2) is 0 Å². The molecule has 0 saturated carbocycles. The zero-order valence-electron chi connectivity index (χ0n) is 8.70. The Bertz CT molecular complexity index is 365. The first kappa shape index (κ1) is 10.5. The first-order valence-corrected chi connectivity index (χ1v) is 4.47. The number of methoxy groups -OCH3 is 1. The molecule has 14 heavy (non-hydrogen) atoms. The standard InChI is InChI=1S/C12H14O2/c1-9-4-7-12(14-3)8-11(9)6-5-10(2)13/h4-8H,1-3H3/b6-5+. The number of carbonyl (C=O) groups excluding carboxylic acids is 1. The number of benzene rings is 1. The fraction of sp³-hybridized carbons (Fsp3) is 0.250. The predicted molar refractivity (Wildman–Crippen MR) is 57.4 cm³/mol. The van der Waals surface area contributed by atoms with Crippen molar-refractivity contribution < 1.29 is 9.53 Å². The molecule has 0 aliphatic rings. The summed E-state index contributed by atoms with van der Waals surface area (Å²) in [5, 5.41) is 0. The van der Waals surface area contributed by atoms with Crippen molar-refractivity contribution in [2.24, 2.45) is 0 Å². The third-order valence-corrected chi connectivity index (χ3v) is 1.98. The summed E-state index contributed by atoms with van der Waals surface area (Å²) in [6, 6.07) is 5.79. The highest BCUT2D eigenvalue weighted by atomic mass is 16.5. The van der Waals surface area contributed by atoms with Crippen LogP contribution in [-0.2, 0) is 4.79 Å². The monoisotopic (exact) mass is 190 g/mol. The topological polar surface area (TPSA) is 26.3 Å². The molecule has 0 saturated heterocycles. The van der Waals surface area contributed by atoms with E-state index in [1.165, 1.54) is 6.92 Å². The van der Waals surface area contributed by atoms with Crippen molar-refractivity contribution in [1.82, 2.24) is 0 Å². The molecule has 0 N–H and O–H groups in total. The van der Waals surface area contributed by atoms with Gasteiger partial charge in [-0.1, -0.05) is 12.1 Å². The van der Waals surface area contributed by atoms with Crippen molar-refractivity contribution in [2.45, 2.75) is 13.8 Å². The minimum atomic E-state index is 0.0484. The lowest BCUT2D eigenvalue weighted by Crippen LogP contribution is -1.87. The summed E-state index contributed by atoms with van der Waals surface area (Å²) >= 11 is 0. The molecule has 1 aromatic carbocycles. The molecule has 0 bridgehead atoms. The Hall–Kier alpha value is -1.57. The van der Waals surface area contributed by atoms with Crippen molar-refractivity contribution in [3.05, 3.63) is 35.4 Å². The Labute approximate surface area is 84.2 Å². The Morgan fingerprint density at radius 1 is 1.43 bits per heavy atom. The van der Waals surface area contributed by atoms with Gasteiger partial charge in [0.25, 0.3) is 0 Å². The molecule has 0 radical (unpaired) electrons. The number of ether oxygens (including phenoxy) is 1. The Balaban J connectivity index is 3.00. The average molecular weight is 190 g/mol. The van der Waals surface area contributed by atoms with Crippen molar-refractivity contribution in [1.29, 1.82) is 0 Å². The van der Waals surface area contributed by atoms with Gasteiger partial charge in [0.15, 0.2) is 5.78 Å². The number of hydrogen-bond acceptors (Lipinski definition) is 2. The molecule has 0 amide bonds. The molecule has 0 spiro atoms. The second kappa shape index (κ2) is 4.61. The number of aryl methyl sites for hydroxylation is 1. The van der Waals surface area contributed by atoms with Crippen LogP contribution < -0.4 is 4.74 Å². The zero-order chi connectivity index (χ0) is 10.6. The number of carbonyl (C=O) groups is 1. The molecular formula is C12H14O2. The lowest BCUT2D eigenvalue weighted by atomic mass is 10.1. The van der Waals surface area contributed by atoms with Gasteiger partial charge in [-0.2, -0.15) is 0 Å². The second-order valence-corrected chi connectivity index (χ2v) is 3.17. The van der Waals surface area contributed by atoms with Gasteiger partial charge < -0.3 is 4.74 Å². The average Bonchev–Trinajstić information content (AvgIpc) is 2.16. The van der Waals surface area contributed by atoms with Crippen LogP contribution in [0, 0.1) is 6.92 Å². The van der Waals surface area contributed by atoms with Gasteiger partial charge in [-0.05, 0) is 43.2 Å². The van der Waals surface area contributed by atoms with Gasteiger partial charge in [0, 0.05) is 0 Å². The molecule has 74 valence electrons. The van der Waals surface area contributed by atoms with E-state index in [1.54, 1.807) is 19.3 Å². The molecular weight excluding hydrogens is 176 g/mol. The van der Waals surface area contributed by atoms with E-state index in [2.05, 4.69) is 0 Å². The van der Waals surface area contributed by atoms with Gasteiger partial charge in [0.2, 0.25) is 0 Å². The van der Waals surface area contributed by atoms with Crippen LogP contribution in [0.25, 0.3) is 6.08 Å². The molecule has 2 heteroatoms. The van der Waals surface area contributed by atoms with Gasteiger partial charge in [0.1, 0.15) is 5.75 Å². The van der Waals surface area contributed by atoms with E-state index in [1.807, 2.05) is 25.1 Å². The molecule has 1 aromatic rings. The molecule has 1 rings (SSSR count). The SMILES string of the molecule is COc1ccc(C)c(/C=C/C(C)=O)c1. The minimum Gasteiger partial charge on any atom is -0.497 e. The Morgan fingerprint density at radius 3 is 2.71 bits per heavy atom. The quantitative estimate of drug-likeness (QED) is 0.685. The third-order valence-electron chi connectivity index (χ3n) is 1.98. The lowest BCUT2D eigenvalue weighted by Gasteiger charge is -2.03. The molecule has 2 nitrogen and oxygen atoms in total. The van der Waals surface area contributed by atoms with Gasteiger partial charge in [-0.3, -0.25) is 4.79 Å². The summed E-state index contributed by atoms with van der Waals surface area (Å²) in [4.78, 5) is 10.8. The van der Waals surface area contributed by atoms with Crippen LogP contribution in [0.3, 0.4) is 0 Å². The van der Waals surface area contributed by atoms with E-state index >= 15 is 0 Å². The Kier molecular flexibility index (Phi) is 3.46. The maximum absolute atomic E-state index is 10.8. The summed E-state index contributed by atoms with van der Waals surface area (Å²) in [6.45, 7) is 3.53. The highest BCUT2D eigenvalue weighted by molar-refractivity contribution is 5.91. The van der Waals surface area contributed by atoms with Crippen molar-refractivity contribution in [3.63, 3.8) is 0 Å². The smallest absolute Gasteiger partial charge is 0.152 e. The van der Waals surface area contributed by atoms with Crippen LogP contribution >= 0.6 is 0 Å². The molecule has 0 heterocycles. The highest BCUT2D eigenvalue weighted by Crippen LogP contribution is 2.18. The maximum Gasteiger partial charge on any atom is 0.152 e. The molecule has 0 aliphatic carbocycles. The molecule has 0 aromatic heterocycles. The molecule has 0 fully saturated rings. The first-order valence-electron chi connectivity index (χ1n) is 4.47.